The van der Waals surface area contributed by atoms with Gasteiger partial charge in [0.05, 0.1) is 13.0 Å². The van der Waals surface area contributed by atoms with Gasteiger partial charge in [0.1, 0.15) is 23.4 Å². The summed E-state index contributed by atoms with van der Waals surface area (Å²) in [6.45, 7) is 18.7. The fourth-order valence-corrected chi connectivity index (χ4v) is 5.32. The van der Waals surface area contributed by atoms with Crippen molar-refractivity contribution in [2.45, 2.75) is 111 Å². The number of hydrogen-bond acceptors (Lipinski definition) is 10. The highest BCUT2D eigenvalue weighted by Crippen LogP contribution is 2.14. The van der Waals surface area contributed by atoms with Crippen molar-refractivity contribution in [3.63, 3.8) is 0 Å². The molecule has 12 nitrogen and oxygen atoms in total. The zero-order valence-corrected chi connectivity index (χ0v) is 32.9. The van der Waals surface area contributed by atoms with E-state index < -0.39 is 61.6 Å². The van der Waals surface area contributed by atoms with Gasteiger partial charge in [0.15, 0.2) is 5.12 Å². The Morgan fingerprint density at radius 1 is 1.04 bits per heavy atom. The Morgan fingerprint density at radius 2 is 1.72 bits per heavy atom. The molecular formula is C36H55N3O9SSi. The summed E-state index contributed by atoms with van der Waals surface area (Å²) in [6, 6.07) is 6.21. The van der Waals surface area contributed by atoms with Gasteiger partial charge < -0.3 is 30.2 Å². The Balaban J connectivity index is 2.97. The van der Waals surface area contributed by atoms with Crippen molar-refractivity contribution < 1.29 is 43.0 Å². The largest absolute Gasteiger partial charge is 0.466 e. The van der Waals surface area contributed by atoms with Crippen molar-refractivity contribution in [3.05, 3.63) is 59.3 Å². The number of alkyl carbamates (subject to hydrolysis) is 1. The molecule has 2 atom stereocenters. The third-order valence-electron chi connectivity index (χ3n) is 6.70. The fourth-order valence-electron chi connectivity index (χ4n) is 4.07. The highest BCUT2D eigenvalue weighted by atomic mass is 32.2. The Bertz CT molecular complexity index is 1400. The molecule has 278 valence electrons. The summed E-state index contributed by atoms with van der Waals surface area (Å²) in [4.78, 5) is 75.7. The lowest BCUT2D eigenvalue weighted by Crippen LogP contribution is -2.48. The van der Waals surface area contributed by atoms with Crippen LogP contribution in [0.3, 0.4) is 0 Å². The molecule has 3 N–H and O–H groups in total. The Morgan fingerprint density at radius 3 is 2.30 bits per heavy atom. The predicted octanol–water partition coefficient (Wildman–Crippen LogP) is 5.90. The molecule has 0 saturated carbocycles. The summed E-state index contributed by atoms with van der Waals surface area (Å²) in [5, 5.41) is 7.86. The van der Waals surface area contributed by atoms with Crippen LogP contribution in [0.4, 0.5) is 4.79 Å². The maximum Gasteiger partial charge on any atom is 0.407 e. The van der Waals surface area contributed by atoms with Crippen LogP contribution in [0.15, 0.2) is 48.2 Å². The van der Waals surface area contributed by atoms with E-state index in [1.54, 1.807) is 78.0 Å². The van der Waals surface area contributed by atoms with Gasteiger partial charge in [0, 0.05) is 32.9 Å². The van der Waals surface area contributed by atoms with Crippen molar-refractivity contribution in [3.8, 4) is 0 Å². The SMILES string of the molecule is CC=C(NC(=O)c1cccc(CNC(=O)OC(C)(C)C)c1)C(=O)NC(C(=O)OC(C=CCCSC(C)=O)CC(=O)OCC[Si](C)(C)C)C(C)C. The zero-order valence-electron chi connectivity index (χ0n) is 31.1. The summed E-state index contributed by atoms with van der Waals surface area (Å²) < 4.78 is 16.4. The number of ether oxygens (including phenoxy) is 3. The minimum absolute atomic E-state index is 0.0133. The number of rotatable bonds is 18. The van der Waals surface area contributed by atoms with Gasteiger partial charge in [-0.15, -0.1) is 0 Å². The van der Waals surface area contributed by atoms with Crippen molar-refractivity contribution in [2.24, 2.45) is 5.92 Å². The molecule has 0 bridgehead atoms. The van der Waals surface area contributed by atoms with E-state index in [9.17, 15) is 28.8 Å². The molecule has 50 heavy (non-hydrogen) atoms. The lowest BCUT2D eigenvalue weighted by Gasteiger charge is -2.24. The molecule has 0 radical (unpaired) electrons. The first kappa shape index (κ1) is 44.1. The monoisotopic (exact) mass is 733 g/mol. The third kappa shape index (κ3) is 19.3. The molecule has 0 heterocycles. The van der Waals surface area contributed by atoms with Gasteiger partial charge in [-0.25, -0.2) is 9.59 Å². The minimum Gasteiger partial charge on any atom is -0.466 e. The average molecular weight is 734 g/mol. The van der Waals surface area contributed by atoms with Crippen LogP contribution in [-0.4, -0.2) is 73.1 Å². The highest BCUT2D eigenvalue weighted by molar-refractivity contribution is 8.13. The molecule has 1 aromatic rings. The lowest BCUT2D eigenvalue weighted by molar-refractivity contribution is -0.156. The molecule has 0 aromatic heterocycles. The van der Waals surface area contributed by atoms with Gasteiger partial charge in [-0.3, -0.25) is 19.2 Å². The number of carbonyl (C=O) groups is 6. The van der Waals surface area contributed by atoms with Gasteiger partial charge in [-0.2, -0.15) is 0 Å². The highest BCUT2D eigenvalue weighted by Gasteiger charge is 2.30. The van der Waals surface area contributed by atoms with E-state index in [0.29, 0.717) is 17.7 Å². The second kappa shape index (κ2) is 21.3. The third-order valence-corrected chi connectivity index (χ3v) is 9.26. The van der Waals surface area contributed by atoms with Crippen LogP contribution in [0.5, 0.6) is 0 Å². The summed E-state index contributed by atoms with van der Waals surface area (Å²) in [7, 11) is -1.43. The van der Waals surface area contributed by atoms with Gasteiger partial charge >= 0.3 is 18.0 Å². The minimum atomic E-state index is -1.43. The second-order valence-corrected chi connectivity index (χ2v) is 21.1. The number of thioether (sulfide) groups is 1. The summed E-state index contributed by atoms with van der Waals surface area (Å²) in [5.41, 5.74) is 0.139. The van der Waals surface area contributed by atoms with Crippen molar-refractivity contribution >= 4 is 54.8 Å². The Kier molecular flexibility index (Phi) is 18.8. The normalized spacial score (nSPS) is 13.3. The number of hydrogen-bond donors (Lipinski definition) is 3. The van der Waals surface area contributed by atoms with Crippen LogP contribution in [0.1, 0.15) is 77.2 Å². The molecule has 2 unspecified atom stereocenters. The van der Waals surface area contributed by atoms with Crippen molar-refractivity contribution in [2.75, 3.05) is 12.4 Å². The number of benzene rings is 1. The van der Waals surface area contributed by atoms with E-state index in [4.69, 9.17) is 14.2 Å². The number of amides is 3. The molecule has 0 fully saturated rings. The lowest BCUT2D eigenvalue weighted by atomic mass is 10.0. The van der Waals surface area contributed by atoms with Crippen molar-refractivity contribution in [1.82, 2.24) is 16.0 Å². The standard InChI is InChI=1S/C36H55N3O9SSi/c1-11-29(38-32(42)27-16-14-15-26(21-27)23-37-35(45)48-36(5,6)7)33(43)39-31(24(2)3)34(44)47-28(17-12-13-19-49-25(4)40)22-30(41)46-18-20-50(8,9)10/h11-12,14-17,21,24,28,31H,13,18-20,22-23H2,1-10H3,(H,37,45)(H,38,42)(H,39,43). The quantitative estimate of drug-likeness (QED) is 0.0413. The van der Waals surface area contributed by atoms with Crippen LogP contribution in [0, 0.1) is 5.92 Å². The molecule has 0 aliphatic rings. The molecule has 0 aliphatic carbocycles. The molecule has 0 spiro atoms. The molecule has 0 aliphatic heterocycles. The number of esters is 2. The first-order valence-corrected chi connectivity index (χ1v) is 21.4. The zero-order chi connectivity index (χ0) is 38.1. The molecule has 14 heteroatoms. The smallest absolute Gasteiger partial charge is 0.407 e. The molecule has 3 amide bonds. The number of nitrogens with one attached hydrogen (secondary N) is 3. The van der Waals surface area contributed by atoms with Gasteiger partial charge in [0.2, 0.25) is 0 Å². The molecule has 0 saturated heterocycles. The Hall–Kier alpha value is -3.91. The van der Waals surface area contributed by atoms with Crippen molar-refractivity contribution in [1.29, 1.82) is 0 Å². The van der Waals surface area contributed by atoms with E-state index in [2.05, 4.69) is 35.6 Å². The van der Waals surface area contributed by atoms with Gasteiger partial charge in [-0.1, -0.05) is 69.5 Å². The Labute approximate surface area is 301 Å². The molecule has 1 rings (SSSR count). The van der Waals surface area contributed by atoms with Crippen LogP contribution in [-0.2, 0) is 39.9 Å². The van der Waals surface area contributed by atoms with E-state index in [0.717, 1.165) is 17.8 Å². The van der Waals surface area contributed by atoms with E-state index in [1.165, 1.54) is 13.0 Å². The van der Waals surface area contributed by atoms with Crippen LogP contribution in [0.2, 0.25) is 25.7 Å². The molecular weight excluding hydrogens is 679 g/mol. The van der Waals surface area contributed by atoms with E-state index in [-0.39, 0.29) is 35.9 Å². The summed E-state index contributed by atoms with van der Waals surface area (Å²) in [6.07, 6.45) is 3.48. The van der Waals surface area contributed by atoms with E-state index in [1.807, 2.05) is 0 Å². The van der Waals surface area contributed by atoms with Crippen LogP contribution in [0.25, 0.3) is 0 Å². The molecule has 1 aromatic carbocycles. The first-order valence-electron chi connectivity index (χ1n) is 16.7. The first-order chi connectivity index (χ1) is 23.2. The fraction of sp³-hybridized carbons (Fsp3) is 0.556. The van der Waals surface area contributed by atoms with Gasteiger partial charge in [0.25, 0.3) is 11.8 Å². The van der Waals surface area contributed by atoms with Gasteiger partial charge in [-0.05, 0) is 69.8 Å². The topological polar surface area (TPSA) is 166 Å². The maximum atomic E-state index is 13.4. The number of carbonyl (C=O) groups excluding carboxylic acids is 6. The summed E-state index contributed by atoms with van der Waals surface area (Å²) in [5.74, 6) is -2.44. The van der Waals surface area contributed by atoms with Crippen LogP contribution < -0.4 is 16.0 Å². The van der Waals surface area contributed by atoms with Crippen LogP contribution >= 0.6 is 11.8 Å². The predicted molar refractivity (Wildman–Crippen MR) is 198 cm³/mol. The number of allylic oxidation sites excluding steroid dienone is 2. The maximum absolute atomic E-state index is 13.4. The average Bonchev–Trinajstić information content (AvgIpc) is 2.99. The summed E-state index contributed by atoms with van der Waals surface area (Å²) >= 11 is 1.16. The second-order valence-electron chi connectivity index (χ2n) is 14.2. The van der Waals surface area contributed by atoms with E-state index >= 15 is 0 Å².